The summed E-state index contributed by atoms with van der Waals surface area (Å²) < 4.78 is 0. The third-order valence-electron chi connectivity index (χ3n) is 3.00. The molecule has 0 unspecified atom stereocenters. The number of anilines is 2. The summed E-state index contributed by atoms with van der Waals surface area (Å²) in [6.07, 6.45) is 0. The minimum absolute atomic E-state index is 0.308. The quantitative estimate of drug-likeness (QED) is 0.861. The van der Waals surface area contributed by atoms with Crippen molar-refractivity contribution in [3.63, 3.8) is 0 Å². The average Bonchev–Trinajstić information content (AvgIpc) is 2.52. The van der Waals surface area contributed by atoms with Crippen molar-refractivity contribution in [1.82, 2.24) is 0 Å². The molecule has 0 saturated heterocycles. The summed E-state index contributed by atoms with van der Waals surface area (Å²) in [5.41, 5.74) is 1.08. The van der Waals surface area contributed by atoms with Crippen LogP contribution in [0.25, 0.3) is 0 Å². The van der Waals surface area contributed by atoms with Gasteiger partial charge in [-0.3, -0.25) is 9.59 Å². The molecule has 0 saturated carbocycles. The first-order chi connectivity index (χ1) is 10.5. The van der Waals surface area contributed by atoms with Gasteiger partial charge in [0.25, 0.3) is 0 Å². The lowest BCUT2D eigenvalue weighted by Crippen LogP contribution is -2.39. The fraction of sp³-hybridized carbons (Fsp3) is 0.125. The van der Waals surface area contributed by atoms with Gasteiger partial charge in [0.05, 0.1) is 10.0 Å². The molecule has 2 amide bonds. The molecule has 0 bridgehead atoms. The first-order valence-corrected chi connectivity index (χ1v) is 7.41. The highest BCUT2D eigenvalue weighted by Crippen LogP contribution is 2.25. The Morgan fingerprint density at radius 2 is 1.73 bits per heavy atom. The first-order valence-electron chi connectivity index (χ1n) is 6.66. The number of rotatable bonds is 3. The van der Waals surface area contributed by atoms with Crippen LogP contribution in [0.4, 0.5) is 11.4 Å². The summed E-state index contributed by atoms with van der Waals surface area (Å²) in [6.45, 7) is 2.19. The number of benzene rings is 2. The fourth-order valence-electron chi connectivity index (χ4n) is 1.93. The van der Waals surface area contributed by atoms with Crippen molar-refractivity contribution in [3.05, 3.63) is 58.6 Å². The number of para-hydroxylation sites is 1. The molecule has 0 aliphatic rings. The van der Waals surface area contributed by atoms with Gasteiger partial charge in [-0.1, -0.05) is 41.4 Å². The van der Waals surface area contributed by atoms with Crippen LogP contribution in [0.3, 0.4) is 0 Å². The smallest absolute Gasteiger partial charge is 0.316 e. The van der Waals surface area contributed by atoms with Gasteiger partial charge in [0.2, 0.25) is 0 Å². The van der Waals surface area contributed by atoms with Gasteiger partial charge in [-0.2, -0.15) is 0 Å². The van der Waals surface area contributed by atoms with E-state index in [0.29, 0.717) is 28.0 Å². The van der Waals surface area contributed by atoms with Crippen LogP contribution in [-0.2, 0) is 9.59 Å². The van der Waals surface area contributed by atoms with E-state index in [1.54, 1.807) is 31.2 Å². The molecule has 2 aromatic carbocycles. The van der Waals surface area contributed by atoms with Crippen LogP contribution in [0, 0.1) is 0 Å². The van der Waals surface area contributed by atoms with Gasteiger partial charge >= 0.3 is 11.8 Å². The molecule has 2 rings (SSSR count). The van der Waals surface area contributed by atoms with E-state index in [0.717, 1.165) is 0 Å². The van der Waals surface area contributed by atoms with Crippen molar-refractivity contribution in [3.8, 4) is 0 Å². The van der Waals surface area contributed by atoms with Gasteiger partial charge in [-0.25, -0.2) is 0 Å². The van der Waals surface area contributed by atoms with Crippen LogP contribution < -0.4 is 10.2 Å². The van der Waals surface area contributed by atoms with Crippen LogP contribution in [0.5, 0.6) is 0 Å². The zero-order chi connectivity index (χ0) is 16.1. The van der Waals surface area contributed by atoms with Gasteiger partial charge in [0.15, 0.2) is 0 Å². The van der Waals surface area contributed by atoms with E-state index in [4.69, 9.17) is 23.2 Å². The standard InChI is InChI=1S/C16H14Cl2N2O2/c1-2-20(12-6-4-3-5-7-12)16(22)15(21)19-11-8-9-13(17)14(18)10-11/h3-10H,2H2,1H3,(H,19,21). The summed E-state index contributed by atoms with van der Waals surface area (Å²) in [6, 6.07) is 13.6. The minimum Gasteiger partial charge on any atom is -0.318 e. The summed E-state index contributed by atoms with van der Waals surface area (Å²) in [4.78, 5) is 25.8. The Hall–Kier alpha value is -2.04. The maximum absolute atomic E-state index is 12.3. The topological polar surface area (TPSA) is 49.4 Å². The Kier molecular flexibility index (Phi) is 5.41. The highest BCUT2D eigenvalue weighted by atomic mass is 35.5. The predicted octanol–water partition coefficient (Wildman–Crippen LogP) is 3.99. The van der Waals surface area contributed by atoms with E-state index in [1.807, 2.05) is 18.2 Å². The van der Waals surface area contributed by atoms with Crippen LogP contribution in [0.15, 0.2) is 48.5 Å². The summed E-state index contributed by atoms with van der Waals surface area (Å²) in [5, 5.41) is 3.21. The monoisotopic (exact) mass is 336 g/mol. The predicted molar refractivity (Wildman–Crippen MR) is 89.6 cm³/mol. The number of hydrogen-bond donors (Lipinski definition) is 1. The number of halogens is 2. The maximum atomic E-state index is 12.3. The first kappa shape index (κ1) is 16.3. The Morgan fingerprint density at radius 1 is 1.05 bits per heavy atom. The normalized spacial score (nSPS) is 10.1. The van der Waals surface area contributed by atoms with Crippen molar-refractivity contribution in [1.29, 1.82) is 0 Å². The molecular formula is C16H14Cl2N2O2. The molecule has 22 heavy (non-hydrogen) atoms. The highest BCUT2D eigenvalue weighted by molar-refractivity contribution is 6.45. The number of likely N-dealkylation sites (N-methyl/N-ethyl adjacent to an activating group) is 1. The van der Waals surface area contributed by atoms with Crippen LogP contribution >= 0.6 is 23.2 Å². The number of carbonyl (C=O) groups excluding carboxylic acids is 2. The maximum Gasteiger partial charge on any atom is 0.316 e. The van der Waals surface area contributed by atoms with Crippen LogP contribution in [0.1, 0.15) is 6.92 Å². The molecule has 0 aliphatic carbocycles. The second-order valence-electron chi connectivity index (χ2n) is 4.47. The zero-order valence-electron chi connectivity index (χ0n) is 11.8. The second-order valence-corrected chi connectivity index (χ2v) is 5.28. The lowest BCUT2D eigenvalue weighted by atomic mass is 10.2. The Morgan fingerprint density at radius 3 is 2.32 bits per heavy atom. The lowest BCUT2D eigenvalue weighted by molar-refractivity contribution is -0.134. The summed E-state index contributed by atoms with van der Waals surface area (Å²) in [7, 11) is 0. The fourth-order valence-corrected chi connectivity index (χ4v) is 2.23. The lowest BCUT2D eigenvalue weighted by Gasteiger charge is -2.20. The molecule has 0 heterocycles. The molecule has 2 aromatic rings. The second kappa shape index (κ2) is 7.29. The van der Waals surface area contributed by atoms with Crippen molar-refractivity contribution in [2.75, 3.05) is 16.8 Å². The highest BCUT2D eigenvalue weighted by Gasteiger charge is 2.22. The molecule has 114 valence electrons. The third-order valence-corrected chi connectivity index (χ3v) is 3.74. The average molecular weight is 337 g/mol. The Labute approximate surface area is 138 Å². The molecule has 4 nitrogen and oxygen atoms in total. The van der Waals surface area contributed by atoms with Crippen LogP contribution in [-0.4, -0.2) is 18.4 Å². The van der Waals surface area contributed by atoms with Gasteiger partial charge in [-0.05, 0) is 37.3 Å². The number of hydrogen-bond acceptors (Lipinski definition) is 2. The van der Waals surface area contributed by atoms with E-state index in [9.17, 15) is 9.59 Å². The zero-order valence-corrected chi connectivity index (χ0v) is 13.4. The molecule has 0 aromatic heterocycles. The number of carbonyl (C=O) groups is 2. The van der Waals surface area contributed by atoms with Crippen molar-refractivity contribution >= 4 is 46.4 Å². The molecule has 0 atom stereocenters. The number of nitrogens with zero attached hydrogens (tertiary/aromatic N) is 1. The Balaban J connectivity index is 2.14. The van der Waals surface area contributed by atoms with Crippen LogP contribution in [0.2, 0.25) is 10.0 Å². The molecule has 0 radical (unpaired) electrons. The molecule has 0 spiro atoms. The SMILES string of the molecule is CCN(C(=O)C(=O)Nc1ccc(Cl)c(Cl)c1)c1ccccc1. The summed E-state index contributed by atoms with van der Waals surface area (Å²) >= 11 is 11.7. The minimum atomic E-state index is -0.732. The van der Waals surface area contributed by atoms with E-state index in [2.05, 4.69) is 5.32 Å². The van der Waals surface area contributed by atoms with Crippen molar-refractivity contribution in [2.24, 2.45) is 0 Å². The van der Waals surface area contributed by atoms with E-state index < -0.39 is 11.8 Å². The largest absolute Gasteiger partial charge is 0.318 e. The van der Waals surface area contributed by atoms with Crippen molar-refractivity contribution < 1.29 is 9.59 Å². The number of nitrogens with one attached hydrogen (secondary N) is 1. The van der Waals surface area contributed by atoms with Gasteiger partial charge in [0.1, 0.15) is 0 Å². The van der Waals surface area contributed by atoms with Gasteiger partial charge in [-0.15, -0.1) is 0 Å². The molecular weight excluding hydrogens is 323 g/mol. The molecule has 1 N–H and O–H groups in total. The van der Waals surface area contributed by atoms with Gasteiger partial charge in [0, 0.05) is 17.9 Å². The molecule has 6 heteroatoms. The molecule has 0 fully saturated rings. The van der Waals surface area contributed by atoms with Crippen molar-refractivity contribution in [2.45, 2.75) is 6.92 Å². The summed E-state index contributed by atoms with van der Waals surface area (Å²) in [5.74, 6) is -1.37. The molecule has 0 aliphatic heterocycles. The Bertz CT molecular complexity index is 690. The van der Waals surface area contributed by atoms with E-state index in [-0.39, 0.29) is 0 Å². The van der Waals surface area contributed by atoms with E-state index >= 15 is 0 Å². The van der Waals surface area contributed by atoms with Gasteiger partial charge < -0.3 is 10.2 Å². The number of amides is 2. The third kappa shape index (κ3) is 3.78. The van der Waals surface area contributed by atoms with E-state index in [1.165, 1.54) is 11.0 Å².